The lowest BCUT2D eigenvalue weighted by Crippen LogP contribution is -2.36. The first-order chi connectivity index (χ1) is 17.0. The maximum Gasteiger partial charge on any atom is 0.255 e. The highest BCUT2D eigenvalue weighted by Crippen LogP contribution is 2.28. The Morgan fingerprint density at radius 1 is 1.14 bits per heavy atom. The highest BCUT2D eigenvalue weighted by molar-refractivity contribution is 6.32. The smallest absolute Gasteiger partial charge is 0.255 e. The van der Waals surface area contributed by atoms with E-state index in [-0.39, 0.29) is 17.4 Å². The summed E-state index contributed by atoms with van der Waals surface area (Å²) in [6, 6.07) is 4.67. The Hall–Kier alpha value is -4.05. The molecule has 2 aliphatic rings. The maximum absolute atomic E-state index is 12.9. The monoisotopic (exact) mass is 491 g/mol. The molecule has 0 saturated carbocycles. The molecule has 1 saturated heterocycles. The number of pyridine rings is 2. The van der Waals surface area contributed by atoms with Crippen LogP contribution >= 0.6 is 11.6 Å². The Morgan fingerprint density at radius 3 is 2.80 bits per heavy atom. The molecule has 2 aliphatic heterocycles. The first kappa shape index (κ1) is 22.7. The fraction of sp³-hybridized carbons (Fsp3) is 0.250. The standard InChI is InChI=1S/C24H22ClN7O3/c25-19-13-28-24(29-17-9-18(12-26-11-17)32-8-2-4-21(32)34)30-22(19)16-3-1-7-31(14-16)23(35)15-5-6-20(33)27-10-15/h3,5-6,9-13H,1-2,4,7-8,14H2,(H,27,33)(H,28,29,30). The van der Waals surface area contributed by atoms with Gasteiger partial charge in [0.05, 0.1) is 46.2 Å². The number of anilines is 3. The highest BCUT2D eigenvalue weighted by Gasteiger charge is 2.24. The molecule has 2 N–H and O–H groups in total. The zero-order chi connectivity index (χ0) is 24.4. The zero-order valence-corrected chi connectivity index (χ0v) is 19.5. The van der Waals surface area contributed by atoms with E-state index in [1.54, 1.807) is 22.2 Å². The molecule has 10 nitrogen and oxygen atoms in total. The number of rotatable bonds is 5. The van der Waals surface area contributed by atoms with Gasteiger partial charge in [-0.1, -0.05) is 17.7 Å². The average Bonchev–Trinajstić information content (AvgIpc) is 3.31. The number of nitrogens with zero attached hydrogens (tertiary/aromatic N) is 5. The summed E-state index contributed by atoms with van der Waals surface area (Å²) >= 11 is 6.43. The molecule has 5 heterocycles. The zero-order valence-electron chi connectivity index (χ0n) is 18.7. The minimum atomic E-state index is -0.263. The van der Waals surface area contributed by atoms with Crippen molar-refractivity contribution in [3.63, 3.8) is 0 Å². The summed E-state index contributed by atoms with van der Waals surface area (Å²) in [6.45, 7) is 1.54. The summed E-state index contributed by atoms with van der Waals surface area (Å²) in [5, 5.41) is 3.50. The van der Waals surface area contributed by atoms with E-state index in [4.69, 9.17) is 11.6 Å². The van der Waals surface area contributed by atoms with Gasteiger partial charge in [-0.2, -0.15) is 0 Å². The first-order valence-corrected chi connectivity index (χ1v) is 11.6. The molecule has 35 heavy (non-hydrogen) atoms. The van der Waals surface area contributed by atoms with Gasteiger partial charge < -0.3 is 20.1 Å². The summed E-state index contributed by atoms with van der Waals surface area (Å²) in [5.74, 6) is 0.218. The van der Waals surface area contributed by atoms with E-state index in [9.17, 15) is 14.4 Å². The molecular weight excluding hydrogens is 470 g/mol. The van der Waals surface area contributed by atoms with E-state index >= 15 is 0 Å². The Balaban J connectivity index is 1.34. The molecule has 3 aromatic heterocycles. The molecule has 5 rings (SSSR count). The van der Waals surface area contributed by atoms with Crippen molar-refractivity contribution in [1.29, 1.82) is 0 Å². The molecule has 1 fully saturated rings. The quantitative estimate of drug-likeness (QED) is 0.562. The molecule has 0 spiro atoms. The molecule has 0 bridgehead atoms. The van der Waals surface area contributed by atoms with E-state index < -0.39 is 0 Å². The molecule has 178 valence electrons. The third-order valence-electron chi connectivity index (χ3n) is 5.88. The van der Waals surface area contributed by atoms with Crippen LogP contribution in [0, 0.1) is 0 Å². The van der Waals surface area contributed by atoms with Gasteiger partial charge in [0.2, 0.25) is 17.4 Å². The van der Waals surface area contributed by atoms with Crippen LogP contribution in [0.5, 0.6) is 0 Å². The number of halogens is 1. The Morgan fingerprint density at radius 2 is 2.03 bits per heavy atom. The number of hydrogen-bond donors (Lipinski definition) is 2. The van der Waals surface area contributed by atoms with E-state index in [0.717, 1.165) is 17.7 Å². The second-order valence-corrected chi connectivity index (χ2v) is 8.69. The Kier molecular flexibility index (Phi) is 6.28. The van der Waals surface area contributed by atoms with Gasteiger partial charge in [-0.05, 0) is 30.5 Å². The summed E-state index contributed by atoms with van der Waals surface area (Å²) < 4.78 is 0. The summed E-state index contributed by atoms with van der Waals surface area (Å²) in [5.41, 5.74) is 2.84. The van der Waals surface area contributed by atoms with E-state index in [2.05, 4.69) is 25.3 Å². The van der Waals surface area contributed by atoms with Crippen LogP contribution in [0.25, 0.3) is 5.57 Å². The topological polar surface area (TPSA) is 124 Å². The van der Waals surface area contributed by atoms with E-state index in [1.807, 2.05) is 12.1 Å². The number of hydrogen-bond acceptors (Lipinski definition) is 7. The third-order valence-corrected chi connectivity index (χ3v) is 6.16. The number of carbonyl (C=O) groups excluding carboxylic acids is 2. The largest absolute Gasteiger partial charge is 0.334 e. The van der Waals surface area contributed by atoms with Crippen molar-refractivity contribution in [2.45, 2.75) is 19.3 Å². The van der Waals surface area contributed by atoms with Crippen LogP contribution in [0.4, 0.5) is 17.3 Å². The molecule has 0 aromatic carbocycles. The average molecular weight is 492 g/mol. The molecular formula is C24H22ClN7O3. The van der Waals surface area contributed by atoms with Gasteiger partial charge in [-0.15, -0.1) is 0 Å². The fourth-order valence-electron chi connectivity index (χ4n) is 4.16. The number of H-pyrrole nitrogens is 1. The third kappa shape index (κ3) is 4.92. The van der Waals surface area contributed by atoms with Crippen LogP contribution in [-0.2, 0) is 4.79 Å². The van der Waals surface area contributed by atoms with Crippen molar-refractivity contribution in [1.82, 2.24) is 24.8 Å². The van der Waals surface area contributed by atoms with Crippen LogP contribution in [-0.4, -0.2) is 56.3 Å². The lowest BCUT2D eigenvalue weighted by Gasteiger charge is -2.27. The van der Waals surface area contributed by atoms with Gasteiger partial charge in [0.15, 0.2) is 0 Å². The van der Waals surface area contributed by atoms with Crippen LogP contribution in [0.1, 0.15) is 35.3 Å². The molecule has 2 amide bonds. The number of aromatic amines is 1. The second kappa shape index (κ2) is 9.67. The van der Waals surface area contributed by atoms with Crippen LogP contribution in [0.3, 0.4) is 0 Å². The van der Waals surface area contributed by atoms with Gasteiger partial charge in [0.1, 0.15) is 0 Å². The second-order valence-electron chi connectivity index (χ2n) is 8.28. The minimum Gasteiger partial charge on any atom is -0.334 e. The van der Waals surface area contributed by atoms with E-state index in [1.165, 1.54) is 24.5 Å². The fourth-order valence-corrected chi connectivity index (χ4v) is 4.37. The van der Waals surface area contributed by atoms with Crippen molar-refractivity contribution in [2.24, 2.45) is 0 Å². The minimum absolute atomic E-state index is 0.0826. The molecule has 0 aliphatic carbocycles. The van der Waals surface area contributed by atoms with Crippen molar-refractivity contribution in [2.75, 3.05) is 29.9 Å². The summed E-state index contributed by atoms with van der Waals surface area (Å²) in [7, 11) is 0. The van der Waals surface area contributed by atoms with Crippen LogP contribution < -0.4 is 15.8 Å². The summed E-state index contributed by atoms with van der Waals surface area (Å²) in [6.07, 6.45) is 10.2. The molecule has 3 aromatic rings. The van der Waals surface area contributed by atoms with Crippen molar-refractivity contribution >= 4 is 46.3 Å². The maximum atomic E-state index is 12.9. The lowest BCUT2D eigenvalue weighted by molar-refractivity contribution is -0.117. The molecule has 0 unspecified atom stereocenters. The number of amides is 2. The normalized spacial score (nSPS) is 15.8. The van der Waals surface area contributed by atoms with Gasteiger partial charge >= 0.3 is 0 Å². The summed E-state index contributed by atoms with van der Waals surface area (Å²) in [4.78, 5) is 55.3. The SMILES string of the molecule is O=C(c1ccc(=O)[nH]c1)N1CCC=C(c2nc(Nc3cncc(N4CCCC4=O)c3)ncc2Cl)C1. The van der Waals surface area contributed by atoms with Gasteiger partial charge in [-0.25, -0.2) is 9.97 Å². The first-order valence-electron chi connectivity index (χ1n) is 11.2. The van der Waals surface area contributed by atoms with Gasteiger partial charge in [0.25, 0.3) is 5.91 Å². The Labute approximate surface area is 205 Å². The van der Waals surface area contributed by atoms with Gasteiger partial charge in [-0.3, -0.25) is 19.4 Å². The lowest BCUT2D eigenvalue weighted by atomic mass is 10.1. The van der Waals surface area contributed by atoms with E-state index in [0.29, 0.717) is 60.4 Å². The number of aromatic nitrogens is 4. The van der Waals surface area contributed by atoms with Crippen LogP contribution in [0.15, 0.2) is 53.9 Å². The molecule has 11 heteroatoms. The predicted molar refractivity (Wildman–Crippen MR) is 132 cm³/mol. The van der Waals surface area contributed by atoms with Crippen molar-refractivity contribution in [3.8, 4) is 0 Å². The highest BCUT2D eigenvalue weighted by atomic mass is 35.5. The number of nitrogens with one attached hydrogen (secondary N) is 2. The number of carbonyl (C=O) groups is 2. The Bertz CT molecular complexity index is 1370. The van der Waals surface area contributed by atoms with Crippen molar-refractivity contribution in [3.05, 3.63) is 75.7 Å². The molecule has 0 atom stereocenters. The predicted octanol–water partition coefficient (Wildman–Crippen LogP) is 3.01. The molecule has 0 radical (unpaired) electrons. The van der Waals surface area contributed by atoms with Gasteiger partial charge in [0, 0.05) is 38.3 Å². The van der Waals surface area contributed by atoms with Crippen LogP contribution in [0.2, 0.25) is 5.02 Å². The van der Waals surface area contributed by atoms with Crippen molar-refractivity contribution < 1.29 is 9.59 Å².